The summed E-state index contributed by atoms with van der Waals surface area (Å²) in [7, 11) is 0. The molecular weight excluding hydrogens is 268 g/mol. The summed E-state index contributed by atoms with van der Waals surface area (Å²) < 4.78 is 1.11. The topological polar surface area (TPSA) is 46.3 Å². The van der Waals surface area contributed by atoms with Crippen molar-refractivity contribution in [3.8, 4) is 0 Å². The molecule has 1 aromatic carbocycles. The molecule has 2 bridgehead atoms. The highest BCUT2D eigenvalue weighted by atomic mass is 32.1. The van der Waals surface area contributed by atoms with Crippen LogP contribution in [-0.4, -0.2) is 23.4 Å². The van der Waals surface area contributed by atoms with Crippen molar-refractivity contribution in [3.63, 3.8) is 0 Å². The lowest BCUT2D eigenvalue weighted by atomic mass is 10.1. The average Bonchev–Trinajstić information content (AvgIpc) is 3.13. The number of fused-ring (bicyclic) bond motifs is 3. The fourth-order valence-corrected chi connectivity index (χ4v) is 4.75. The highest BCUT2D eigenvalue weighted by Gasteiger charge is 2.41. The van der Waals surface area contributed by atoms with Crippen molar-refractivity contribution < 1.29 is 4.79 Å². The molecule has 1 amide bonds. The molecule has 2 unspecified atom stereocenters. The van der Waals surface area contributed by atoms with Crippen LogP contribution in [0.25, 0.3) is 10.1 Å². The molecule has 3 nitrogen and oxygen atoms in total. The second kappa shape index (κ2) is 4.22. The van der Waals surface area contributed by atoms with Gasteiger partial charge in [0.1, 0.15) is 4.88 Å². The molecule has 104 valence electrons. The number of rotatable bonds is 1. The van der Waals surface area contributed by atoms with Crippen LogP contribution in [0.4, 0.5) is 5.69 Å². The van der Waals surface area contributed by atoms with Crippen molar-refractivity contribution >= 4 is 33.0 Å². The van der Waals surface area contributed by atoms with Crippen LogP contribution in [0.1, 0.15) is 34.5 Å². The van der Waals surface area contributed by atoms with Crippen molar-refractivity contribution in [2.45, 2.75) is 32.2 Å². The summed E-state index contributed by atoms with van der Waals surface area (Å²) >= 11 is 1.54. The van der Waals surface area contributed by atoms with E-state index in [4.69, 9.17) is 5.73 Å². The SMILES string of the molecule is Cc1ccc2sc(C(=O)N3CC4CCC3C4)c(N)c2c1. The van der Waals surface area contributed by atoms with Gasteiger partial charge in [-0.3, -0.25) is 4.79 Å². The normalized spacial score (nSPS) is 24.8. The van der Waals surface area contributed by atoms with Gasteiger partial charge in [0, 0.05) is 22.7 Å². The van der Waals surface area contributed by atoms with E-state index < -0.39 is 0 Å². The van der Waals surface area contributed by atoms with Crippen molar-refractivity contribution in [2.75, 3.05) is 12.3 Å². The van der Waals surface area contributed by atoms with E-state index in [9.17, 15) is 4.79 Å². The Hall–Kier alpha value is -1.55. The first-order valence-corrected chi connectivity index (χ1v) is 8.04. The molecule has 0 radical (unpaired) electrons. The lowest BCUT2D eigenvalue weighted by Crippen LogP contribution is -2.37. The van der Waals surface area contributed by atoms with E-state index in [1.165, 1.54) is 36.2 Å². The molecule has 1 aliphatic heterocycles. The Kier molecular flexibility index (Phi) is 2.58. The number of amides is 1. The standard InChI is InChI=1S/C16H18N2OS/c1-9-2-5-13-12(6-9)14(17)15(20-13)16(19)18-8-10-3-4-11(18)7-10/h2,5-6,10-11H,3-4,7-8,17H2,1H3. The summed E-state index contributed by atoms with van der Waals surface area (Å²) in [6, 6.07) is 6.68. The number of anilines is 1. The first-order chi connectivity index (χ1) is 9.63. The molecule has 2 aromatic rings. The Morgan fingerprint density at radius 2 is 2.25 bits per heavy atom. The Labute approximate surface area is 122 Å². The predicted octanol–water partition coefficient (Wildman–Crippen LogP) is 3.42. The van der Waals surface area contributed by atoms with Crippen LogP contribution in [0.3, 0.4) is 0 Å². The summed E-state index contributed by atoms with van der Waals surface area (Å²) in [5.74, 6) is 0.871. The lowest BCUT2D eigenvalue weighted by Gasteiger charge is -2.26. The third-order valence-electron chi connectivity index (χ3n) is 4.75. The van der Waals surface area contributed by atoms with Gasteiger partial charge in [0.25, 0.3) is 5.91 Å². The van der Waals surface area contributed by atoms with Crippen LogP contribution in [0.5, 0.6) is 0 Å². The molecule has 1 aliphatic carbocycles. The minimum atomic E-state index is 0.147. The third-order valence-corrected chi connectivity index (χ3v) is 5.92. The number of aryl methyl sites for hydroxylation is 1. The quantitative estimate of drug-likeness (QED) is 0.873. The van der Waals surface area contributed by atoms with E-state index in [2.05, 4.69) is 30.0 Å². The smallest absolute Gasteiger partial charge is 0.266 e. The first-order valence-electron chi connectivity index (χ1n) is 7.23. The first kappa shape index (κ1) is 12.2. The fourth-order valence-electron chi connectivity index (χ4n) is 3.69. The molecule has 4 rings (SSSR count). The van der Waals surface area contributed by atoms with E-state index in [0.29, 0.717) is 11.7 Å². The van der Waals surface area contributed by atoms with Gasteiger partial charge in [-0.15, -0.1) is 11.3 Å². The molecule has 2 heterocycles. The van der Waals surface area contributed by atoms with E-state index in [1.54, 1.807) is 0 Å². The maximum Gasteiger partial charge on any atom is 0.266 e. The van der Waals surface area contributed by atoms with Gasteiger partial charge < -0.3 is 10.6 Å². The highest BCUT2D eigenvalue weighted by Crippen LogP contribution is 2.41. The largest absolute Gasteiger partial charge is 0.397 e. The van der Waals surface area contributed by atoms with Crippen molar-refractivity contribution in [3.05, 3.63) is 28.6 Å². The second-order valence-electron chi connectivity index (χ2n) is 6.13. The van der Waals surface area contributed by atoms with Crippen molar-refractivity contribution in [1.82, 2.24) is 4.90 Å². The Morgan fingerprint density at radius 3 is 2.95 bits per heavy atom. The maximum atomic E-state index is 12.8. The average molecular weight is 286 g/mol. The van der Waals surface area contributed by atoms with Gasteiger partial charge in [-0.2, -0.15) is 0 Å². The number of carbonyl (C=O) groups excluding carboxylic acids is 1. The molecule has 4 heteroatoms. The summed E-state index contributed by atoms with van der Waals surface area (Å²) in [6.07, 6.45) is 3.64. The molecule has 1 saturated carbocycles. The number of nitrogens with zero attached hydrogens (tertiary/aromatic N) is 1. The fraction of sp³-hybridized carbons (Fsp3) is 0.438. The zero-order valence-electron chi connectivity index (χ0n) is 11.6. The van der Waals surface area contributed by atoms with Gasteiger partial charge >= 0.3 is 0 Å². The number of thiophene rings is 1. The number of nitrogens with two attached hydrogens (primary N) is 1. The van der Waals surface area contributed by atoms with Gasteiger partial charge in [0.05, 0.1) is 5.69 Å². The van der Waals surface area contributed by atoms with E-state index in [0.717, 1.165) is 27.4 Å². The lowest BCUT2D eigenvalue weighted by molar-refractivity contribution is 0.0709. The molecular formula is C16H18N2OS. The van der Waals surface area contributed by atoms with Crippen molar-refractivity contribution in [2.24, 2.45) is 5.92 Å². The summed E-state index contributed by atoms with van der Waals surface area (Å²) in [6.45, 7) is 2.98. The van der Waals surface area contributed by atoms with Crippen molar-refractivity contribution in [1.29, 1.82) is 0 Å². The Morgan fingerprint density at radius 1 is 1.40 bits per heavy atom. The third kappa shape index (κ3) is 1.67. The van der Waals surface area contributed by atoms with Crippen LogP contribution < -0.4 is 5.73 Å². The van der Waals surface area contributed by atoms with Crippen LogP contribution in [0, 0.1) is 12.8 Å². The number of carbonyl (C=O) groups is 1. The molecule has 1 aromatic heterocycles. The van der Waals surface area contributed by atoms with E-state index in [-0.39, 0.29) is 5.91 Å². The van der Waals surface area contributed by atoms with Gasteiger partial charge in [-0.05, 0) is 44.2 Å². The molecule has 2 fully saturated rings. The number of benzene rings is 1. The summed E-state index contributed by atoms with van der Waals surface area (Å²) in [5, 5.41) is 1.03. The zero-order valence-corrected chi connectivity index (χ0v) is 12.4. The Balaban J connectivity index is 1.75. The number of piperidine rings is 1. The van der Waals surface area contributed by atoms with E-state index in [1.807, 2.05) is 0 Å². The molecule has 0 spiro atoms. The van der Waals surface area contributed by atoms with Gasteiger partial charge in [0.15, 0.2) is 0 Å². The monoisotopic (exact) mass is 286 g/mol. The highest BCUT2D eigenvalue weighted by molar-refractivity contribution is 7.21. The zero-order chi connectivity index (χ0) is 13.9. The number of hydrogen-bond donors (Lipinski definition) is 1. The predicted molar refractivity (Wildman–Crippen MR) is 83.1 cm³/mol. The minimum absolute atomic E-state index is 0.147. The van der Waals surface area contributed by atoms with Gasteiger partial charge in [-0.1, -0.05) is 11.6 Å². The van der Waals surface area contributed by atoms with Crippen LogP contribution in [-0.2, 0) is 0 Å². The van der Waals surface area contributed by atoms with Crippen LogP contribution in [0.2, 0.25) is 0 Å². The maximum absolute atomic E-state index is 12.8. The van der Waals surface area contributed by atoms with Crippen LogP contribution >= 0.6 is 11.3 Å². The molecule has 2 aliphatic rings. The Bertz CT molecular complexity index is 706. The molecule has 1 saturated heterocycles. The van der Waals surface area contributed by atoms with Gasteiger partial charge in [-0.25, -0.2) is 0 Å². The van der Waals surface area contributed by atoms with Crippen LogP contribution in [0.15, 0.2) is 18.2 Å². The molecule has 2 atom stereocenters. The molecule has 20 heavy (non-hydrogen) atoms. The number of hydrogen-bond acceptors (Lipinski definition) is 3. The molecule has 2 N–H and O–H groups in total. The second-order valence-corrected chi connectivity index (χ2v) is 7.19. The number of nitrogen functional groups attached to an aromatic ring is 1. The van der Waals surface area contributed by atoms with E-state index >= 15 is 0 Å². The summed E-state index contributed by atoms with van der Waals surface area (Å²) in [4.78, 5) is 15.6. The van der Waals surface area contributed by atoms with Gasteiger partial charge in [0.2, 0.25) is 0 Å². The number of likely N-dealkylation sites (tertiary alicyclic amines) is 1. The minimum Gasteiger partial charge on any atom is -0.397 e. The summed E-state index contributed by atoms with van der Waals surface area (Å²) in [5.41, 5.74) is 8.09.